The van der Waals surface area contributed by atoms with E-state index < -0.39 is 0 Å². The standard InChI is InChI=1S/C18H25N5O2.HI/c1-14-8-13-25-16(14)17(24)21-10-5-11-22-18(19-2)23-12-7-15-6-3-4-9-20-15;/h3-4,6,8-9,13H,5,7,10-12H2,1-2H3,(H,21,24)(H2,19,22,23);1H. The van der Waals surface area contributed by atoms with E-state index in [1.54, 1.807) is 19.3 Å². The molecule has 142 valence electrons. The Morgan fingerprint density at radius 2 is 1.92 bits per heavy atom. The maximum atomic E-state index is 11.9. The number of nitrogens with one attached hydrogen (secondary N) is 3. The molecule has 0 spiro atoms. The highest BCUT2D eigenvalue weighted by molar-refractivity contribution is 14.0. The Kier molecular flexibility index (Phi) is 10.4. The maximum absolute atomic E-state index is 11.9. The van der Waals surface area contributed by atoms with Crippen LogP contribution in [0.25, 0.3) is 0 Å². The molecule has 2 aromatic rings. The molecule has 0 aliphatic heterocycles. The van der Waals surface area contributed by atoms with Crippen LogP contribution in [0, 0.1) is 6.92 Å². The summed E-state index contributed by atoms with van der Waals surface area (Å²) in [5, 5.41) is 9.30. The van der Waals surface area contributed by atoms with Crippen molar-refractivity contribution in [3.05, 3.63) is 53.7 Å². The van der Waals surface area contributed by atoms with Crippen LogP contribution in [0.15, 0.2) is 46.1 Å². The van der Waals surface area contributed by atoms with Gasteiger partial charge in [-0.1, -0.05) is 6.07 Å². The number of carbonyl (C=O) groups is 1. The van der Waals surface area contributed by atoms with Gasteiger partial charge in [-0.3, -0.25) is 14.8 Å². The minimum Gasteiger partial charge on any atom is -0.459 e. The van der Waals surface area contributed by atoms with E-state index in [1.165, 1.54) is 6.26 Å². The number of hydrogen-bond acceptors (Lipinski definition) is 4. The molecule has 0 aliphatic carbocycles. The average Bonchev–Trinajstić information content (AvgIpc) is 3.06. The summed E-state index contributed by atoms with van der Waals surface area (Å²) in [7, 11) is 1.73. The third-order valence-corrected chi connectivity index (χ3v) is 3.62. The Morgan fingerprint density at radius 3 is 2.58 bits per heavy atom. The number of furan rings is 1. The fraction of sp³-hybridized carbons (Fsp3) is 0.389. The fourth-order valence-corrected chi connectivity index (χ4v) is 2.26. The van der Waals surface area contributed by atoms with E-state index in [1.807, 2.05) is 25.1 Å². The van der Waals surface area contributed by atoms with Gasteiger partial charge >= 0.3 is 0 Å². The molecular formula is C18H26IN5O2. The molecule has 2 heterocycles. The van der Waals surface area contributed by atoms with E-state index in [9.17, 15) is 4.79 Å². The summed E-state index contributed by atoms with van der Waals surface area (Å²) in [5.74, 6) is 0.935. The van der Waals surface area contributed by atoms with Gasteiger partial charge in [0.25, 0.3) is 5.91 Å². The van der Waals surface area contributed by atoms with Crippen molar-refractivity contribution in [2.75, 3.05) is 26.7 Å². The predicted octanol–water partition coefficient (Wildman–Crippen LogP) is 2.13. The zero-order chi connectivity index (χ0) is 17.9. The third kappa shape index (κ3) is 7.42. The lowest BCUT2D eigenvalue weighted by Crippen LogP contribution is -2.39. The van der Waals surface area contributed by atoms with Crippen LogP contribution in [0.5, 0.6) is 0 Å². The summed E-state index contributed by atoms with van der Waals surface area (Å²) in [6.07, 6.45) is 4.93. The molecule has 0 bridgehead atoms. The van der Waals surface area contributed by atoms with E-state index >= 15 is 0 Å². The predicted molar refractivity (Wildman–Crippen MR) is 113 cm³/mol. The number of hydrogen-bond donors (Lipinski definition) is 3. The van der Waals surface area contributed by atoms with Gasteiger partial charge in [0.15, 0.2) is 11.7 Å². The number of aromatic nitrogens is 1. The number of guanidine groups is 1. The SMILES string of the molecule is CN=C(NCCCNC(=O)c1occc1C)NCCc1ccccn1.I. The smallest absolute Gasteiger partial charge is 0.287 e. The van der Waals surface area contributed by atoms with Gasteiger partial charge in [-0.25, -0.2) is 0 Å². The van der Waals surface area contributed by atoms with Gasteiger partial charge in [0.1, 0.15) is 0 Å². The first-order valence-electron chi connectivity index (χ1n) is 8.37. The normalized spacial score (nSPS) is 10.8. The molecule has 26 heavy (non-hydrogen) atoms. The number of amides is 1. The summed E-state index contributed by atoms with van der Waals surface area (Å²) in [6.45, 7) is 3.88. The topological polar surface area (TPSA) is 91.5 Å². The van der Waals surface area contributed by atoms with Crippen LogP contribution in [0.3, 0.4) is 0 Å². The lowest BCUT2D eigenvalue weighted by atomic mass is 10.2. The molecule has 7 nitrogen and oxygen atoms in total. The molecule has 2 rings (SSSR count). The Bertz CT molecular complexity index is 688. The Labute approximate surface area is 171 Å². The molecule has 0 radical (unpaired) electrons. The van der Waals surface area contributed by atoms with Gasteiger partial charge in [0.05, 0.1) is 6.26 Å². The van der Waals surface area contributed by atoms with Crippen LogP contribution < -0.4 is 16.0 Å². The molecule has 0 aromatic carbocycles. The van der Waals surface area contributed by atoms with E-state index in [-0.39, 0.29) is 29.9 Å². The number of nitrogens with zero attached hydrogens (tertiary/aromatic N) is 2. The number of aryl methyl sites for hydroxylation is 1. The lowest BCUT2D eigenvalue weighted by molar-refractivity contribution is 0.0925. The van der Waals surface area contributed by atoms with E-state index in [4.69, 9.17) is 4.42 Å². The molecule has 0 aliphatic rings. The minimum atomic E-state index is -0.180. The fourth-order valence-electron chi connectivity index (χ4n) is 2.26. The zero-order valence-corrected chi connectivity index (χ0v) is 17.4. The van der Waals surface area contributed by atoms with E-state index in [0.717, 1.165) is 36.6 Å². The highest BCUT2D eigenvalue weighted by Crippen LogP contribution is 2.07. The van der Waals surface area contributed by atoms with Crippen molar-refractivity contribution >= 4 is 35.8 Å². The molecule has 0 fully saturated rings. The second-order valence-corrected chi connectivity index (χ2v) is 5.54. The largest absolute Gasteiger partial charge is 0.459 e. The van der Waals surface area contributed by atoms with Crippen LogP contribution in [-0.2, 0) is 6.42 Å². The molecule has 0 saturated carbocycles. The van der Waals surface area contributed by atoms with Crippen molar-refractivity contribution in [1.82, 2.24) is 20.9 Å². The minimum absolute atomic E-state index is 0. The van der Waals surface area contributed by atoms with E-state index in [2.05, 4.69) is 25.9 Å². The van der Waals surface area contributed by atoms with Gasteiger partial charge in [0.2, 0.25) is 0 Å². The molecule has 8 heteroatoms. The second-order valence-electron chi connectivity index (χ2n) is 5.54. The molecule has 0 atom stereocenters. The van der Waals surface area contributed by atoms with Crippen LogP contribution in [0.4, 0.5) is 0 Å². The lowest BCUT2D eigenvalue weighted by Gasteiger charge is -2.11. The first-order chi connectivity index (χ1) is 12.2. The highest BCUT2D eigenvalue weighted by Gasteiger charge is 2.11. The molecular weight excluding hydrogens is 445 g/mol. The summed E-state index contributed by atoms with van der Waals surface area (Å²) < 4.78 is 5.16. The molecule has 0 unspecified atom stereocenters. The number of pyridine rings is 1. The average molecular weight is 471 g/mol. The van der Waals surface area contributed by atoms with Gasteiger partial charge in [-0.2, -0.15) is 0 Å². The van der Waals surface area contributed by atoms with Crippen LogP contribution in [-0.4, -0.2) is 43.5 Å². The summed E-state index contributed by atoms with van der Waals surface area (Å²) in [4.78, 5) is 20.3. The second kappa shape index (κ2) is 12.3. The van der Waals surface area contributed by atoms with Crippen molar-refractivity contribution in [3.63, 3.8) is 0 Å². The molecule has 3 N–H and O–H groups in total. The number of halogens is 1. The van der Waals surface area contributed by atoms with Gasteiger partial charge < -0.3 is 20.4 Å². The Morgan fingerprint density at radius 1 is 1.15 bits per heavy atom. The molecule has 2 aromatic heterocycles. The monoisotopic (exact) mass is 471 g/mol. The number of rotatable bonds is 8. The Hall–Kier alpha value is -2.10. The molecule has 0 saturated heterocycles. The highest BCUT2D eigenvalue weighted by atomic mass is 127. The van der Waals surface area contributed by atoms with Crippen LogP contribution in [0.2, 0.25) is 0 Å². The third-order valence-electron chi connectivity index (χ3n) is 3.62. The van der Waals surface area contributed by atoms with Crippen molar-refractivity contribution in [1.29, 1.82) is 0 Å². The van der Waals surface area contributed by atoms with Gasteiger partial charge in [0, 0.05) is 50.6 Å². The Balaban J connectivity index is 0.00000338. The zero-order valence-electron chi connectivity index (χ0n) is 15.1. The van der Waals surface area contributed by atoms with Gasteiger partial charge in [-0.15, -0.1) is 24.0 Å². The number of aliphatic imine (C=N–C) groups is 1. The first-order valence-corrected chi connectivity index (χ1v) is 8.37. The van der Waals surface area contributed by atoms with Gasteiger partial charge in [-0.05, 0) is 31.5 Å². The molecule has 1 amide bonds. The number of carbonyl (C=O) groups excluding carboxylic acids is 1. The van der Waals surface area contributed by atoms with Crippen LogP contribution in [0.1, 0.15) is 28.2 Å². The van der Waals surface area contributed by atoms with Crippen molar-refractivity contribution in [2.24, 2.45) is 4.99 Å². The van der Waals surface area contributed by atoms with Crippen LogP contribution >= 0.6 is 24.0 Å². The van der Waals surface area contributed by atoms with Crippen molar-refractivity contribution < 1.29 is 9.21 Å². The first kappa shape index (κ1) is 21.9. The van der Waals surface area contributed by atoms with Crippen molar-refractivity contribution in [3.8, 4) is 0 Å². The summed E-state index contributed by atoms with van der Waals surface area (Å²) >= 11 is 0. The quantitative estimate of drug-likeness (QED) is 0.238. The summed E-state index contributed by atoms with van der Waals surface area (Å²) in [5.41, 5.74) is 1.88. The van der Waals surface area contributed by atoms with E-state index in [0.29, 0.717) is 18.8 Å². The van der Waals surface area contributed by atoms with Crippen molar-refractivity contribution in [2.45, 2.75) is 19.8 Å². The summed E-state index contributed by atoms with van der Waals surface area (Å²) in [6, 6.07) is 7.66. The maximum Gasteiger partial charge on any atom is 0.287 e.